The first-order valence-electron chi connectivity index (χ1n) is 24.9. The smallest absolute Gasteiger partial charge is 0.307 e. The van der Waals surface area contributed by atoms with Crippen molar-refractivity contribution < 1.29 is 19.4 Å². The molecule has 4 fully saturated rings. The Morgan fingerprint density at radius 3 is 1.98 bits per heavy atom. The molecule has 11 unspecified atom stereocenters. The van der Waals surface area contributed by atoms with Gasteiger partial charge in [-0.15, -0.1) is 8.58 Å². The Morgan fingerprint density at radius 1 is 0.952 bits per heavy atom. The van der Waals surface area contributed by atoms with E-state index < -0.39 is 5.41 Å². The van der Waals surface area contributed by atoms with E-state index in [4.69, 9.17) is 14.8 Å². The fraction of sp³-hybridized carbons (Fsp3) is 0.768. The molecule has 0 radical (unpaired) electrons. The second-order valence-corrected chi connectivity index (χ2v) is 21.9. The molecule has 0 amide bonds. The van der Waals surface area contributed by atoms with Gasteiger partial charge in [0, 0.05) is 25.3 Å². The second kappa shape index (κ2) is 26.1. The Bertz CT molecular complexity index is 1590. The highest BCUT2D eigenvalue weighted by Crippen LogP contribution is 2.73. The van der Waals surface area contributed by atoms with E-state index in [0.717, 1.165) is 63.8 Å². The normalized spacial score (nSPS) is 32.1. The van der Waals surface area contributed by atoms with Crippen LogP contribution in [0.2, 0.25) is 0 Å². The van der Waals surface area contributed by atoms with E-state index in [9.17, 15) is 9.59 Å². The number of aliphatic hydroxyl groups is 1. The fourth-order valence-corrected chi connectivity index (χ4v) is 14.4. The average Bonchev–Trinajstić information content (AvgIpc) is 3.59. The molecule has 0 bridgehead atoms. The van der Waals surface area contributed by atoms with Crippen LogP contribution in [0.25, 0.3) is 5.57 Å². The van der Waals surface area contributed by atoms with E-state index in [2.05, 4.69) is 99.8 Å². The first-order valence-corrected chi connectivity index (χ1v) is 26.5. The van der Waals surface area contributed by atoms with Gasteiger partial charge in [0.2, 0.25) is 0 Å². The highest BCUT2D eigenvalue weighted by Gasteiger charge is 2.65. The molecule has 6 heteroatoms. The van der Waals surface area contributed by atoms with Gasteiger partial charge in [0.05, 0.1) is 6.42 Å². The number of allylic oxidation sites excluding steroid dienone is 3. The van der Waals surface area contributed by atoms with Crippen molar-refractivity contribution in [1.29, 1.82) is 0 Å². The Balaban J connectivity index is 0.000000852. The minimum atomic E-state index is -0.657. The van der Waals surface area contributed by atoms with Gasteiger partial charge in [-0.05, 0) is 155 Å². The maximum atomic E-state index is 12.8. The van der Waals surface area contributed by atoms with Crippen LogP contribution in [0.1, 0.15) is 192 Å². The summed E-state index contributed by atoms with van der Waals surface area (Å²) in [4.78, 5) is 29.0. The SMILES string of the molecule is C=C(C)c1ccc(C)cc1.CC.CC.CCC.CN=C(C)CC12CCC3C(CCC4C3(C)CCC3C(C)C(OC(=O)CC(C)(C)C=O)CCC34C)C1=C(C(C)C)C(PC)C2.CO. The van der Waals surface area contributed by atoms with Gasteiger partial charge in [-0.25, -0.2) is 0 Å². The van der Waals surface area contributed by atoms with E-state index in [1.54, 1.807) is 0 Å². The third kappa shape index (κ3) is 13.3. The highest BCUT2D eigenvalue weighted by atomic mass is 31.1. The molecule has 1 aromatic rings. The number of esters is 1. The molecule has 0 aliphatic heterocycles. The molecule has 11 atom stereocenters. The lowest BCUT2D eigenvalue weighted by Gasteiger charge is -2.67. The summed E-state index contributed by atoms with van der Waals surface area (Å²) in [6, 6.07) is 8.39. The number of fused-ring (bicyclic) bond motifs is 7. The Kier molecular flexibility index (Phi) is 24.4. The van der Waals surface area contributed by atoms with Gasteiger partial charge in [-0.3, -0.25) is 9.79 Å². The van der Waals surface area contributed by atoms with E-state index >= 15 is 0 Å². The first-order chi connectivity index (χ1) is 29.3. The van der Waals surface area contributed by atoms with E-state index in [-0.39, 0.29) is 18.5 Å². The number of carbonyl (C=O) groups is 2. The maximum absolute atomic E-state index is 12.8. The number of carbonyl (C=O) groups excluding carboxylic acids is 2. The second-order valence-electron chi connectivity index (χ2n) is 20.6. The number of benzene rings is 1. The van der Waals surface area contributed by atoms with Crippen LogP contribution in [0.15, 0.2) is 47.0 Å². The molecule has 0 aromatic heterocycles. The minimum absolute atomic E-state index is 0.0171. The number of nitrogens with zero attached hydrogens (tertiary/aromatic N) is 1. The fourth-order valence-electron chi connectivity index (χ4n) is 13.0. The number of aryl methyl sites for hydroxylation is 1. The number of aliphatic hydroxyl groups excluding tert-OH is 1. The van der Waals surface area contributed by atoms with Gasteiger partial charge >= 0.3 is 5.97 Å². The lowest BCUT2D eigenvalue weighted by Crippen LogP contribution is -2.60. The molecular weight excluding hydrogens is 782 g/mol. The molecule has 6 rings (SSSR count). The molecule has 1 aromatic carbocycles. The molecule has 5 nitrogen and oxygen atoms in total. The van der Waals surface area contributed by atoms with Crippen molar-refractivity contribution in [3.05, 3.63) is 53.1 Å². The number of aliphatic imine (C=N–C) groups is 1. The summed E-state index contributed by atoms with van der Waals surface area (Å²) < 4.78 is 6.12. The zero-order chi connectivity index (χ0) is 47.8. The number of hydrogen-bond donors (Lipinski definition) is 1. The molecule has 0 heterocycles. The number of hydrogen-bond acceptors (Lipinski definition) is 5. The largest absolute Gasteiger partial charge is 0.462 e. The standard InChI is InChI=1S/C38H62NO3P.C10H12.C3H8.2C2H6.CH4O/c1-23(2)33-30(43-10)20-38(19-24(3)39-9)18-14-28-26(34(33)38)11-12-31-36(7)17-15-29(42-32(41)21-35(5,6)22-40)25(4)27(36)13-16-37(28,31)8;1-8(2)10-6-4-9(3)5-7-10;1-3-2;3*1-2/h22-23,25-31,43H,11-21H2,1-10H3;4-7H,1H2,2-3H3;3H2,1-2H3;2*1-2H3;2H,1H3. The monoisotopic (exact) mass is 880 g/mol. The highest BCUT2D eigenvalue weighted by molar-refractivity contribution is 7.38. The van der Waals surface area contributed by atoms with Crippen LogP contribution in [-0.4, -0.2) is 55.7 Å². The molecule has 0 spiro atoms. The van der Waals surface area contributed by atoms with Crippen LogP contribution >= 0.6 is 8.58 Å². The van der Waals surface area contributed by atoms with Crippen molar-refractivity contribution in [2.24, 2.45) is 62.2 Å². The summed E-state index contributed by atoms with van der Waals surface area (Å²) in [6.45, 7) is 41.2. The molecule has 4 saturated carbocycles. The van der Waals surface area contributed by atoms with Gasteiger partial charge in [-0.2, -0.15) is 0 Å². The Morgan fingerprint density at radius 2 is 1.48 bits per heavy atom. The topological polar surface area (TPSA) is 76.0 Å². The van der Waals surface area contributed by atoms with E-state index in [1.165, 1.54) is 74.6 Å². The third-order valence-corrected chi connectivity index (χ3v) is 16.8. The van der Waals surface area contributed by atoms with Crippen molar-refractivity contribution in [2.75, 3.05) is 20.8 Å². The van der Waals surface area contributed by atoms with Gasteiger partial charge in [0.25, 0.3) is 0 Å². The van der Waals surface area contributed by atoms with Gasteiger partial charge in [-0.1, -0.05) is 150 Å². The Labute approximate surface area is 385 Å². The van der Waals surface area contributed by atoms with E-state index in [0.29, 0.717) is 34.0 Å². The van der Waals surface area contributed by atoms with Crippen molar-refractivity contribution >= 4 is 32.1 Å². The average molecular weight is 880 g/mol. The van der Waals surface area contributed by atoms with Crippen molar-refractivity contribution in [2.45, 2.75) is 200 Å². The number of aldehydes is 1. The van der Waals surface area contributed by atoms with Gasteiger partial charge in [0.1, 0.15) is 12.4 Å². The van der Waals surface area contributed by atoms with Crippen LogP contribution in [0.3, 0.4) is 0 Å². The van der Waals surface area contributed by atoms with Crippen molar-refractivity contribution in [1.82, 2.24) is 0 Å². The molecule has 0 saturated heterocycles. The maximum Gasteiger partial charge on any atom is 0.307 e. The van der Waals surface area contributed by atoms with Gasteiger partial charge in [0.15, 0.2) is 0 Å². The lowest BCUT2D eigenvalue weighted by molar-refractivity contribution is -0.191. The first kappa shape index (κ1) is 57.9. The van der Waals surface area contributed by atoms with Crippen molar-refractivity contribution in [3.63, 3.8) is 0 Å². The zero-order valence-corrected chi connectivity index (χ0v) is 44.8. The quantitative estimate of drug-likeness (QED) is 0.0881. The summed E-state index contributed by atoms with van der Waals surface area (Å²) in [7, 11) is 3.99. The molecular formula is C56H98NO4P. The van der Waals surface area contributed by atoms with Crippen LogP contribution in [-0.2, 0) is 14.3 Å². The summed E-state index contributed by atoms with van der Waals surface area (Å²) in [5, 5.41) is 7.00. The number of rotatable bonds is 9. The number of ether oxygens (including phenoxy) is 1. The predicted molar refractivity (Wildman–Crippen MR) is 274 cm³/mol. The molecule has 62 heavy (non-hydrogen) atoms. The third-order valence-electron chi connectivity index (χ3n) is 15.6. The van der Waals surface area contributed by atoms with Crippen LogP contribution in [0.4, 0.5) is 0 Å². The van der Waals surface area contributed by atoms with Gasteiger partial charge < -0.3 is 14.6 Å². The molecule has 5 aliphatic rings. The summed E-state index contributed by atoms with van der Waals surface area (Å²) in [5.74, 6) is 3.68. The summed E-state index contributed by atoms with van der Waals surface area (Å²) in [5.41, 5.74) is 9.92. The summed E-state index contributed by atoms with van der Waals surface area (Å²) >= 11 is 0. The molecule has 5 aliphatic carbocycles. The van der Waals surface area contributed by atoms with Crippen LogP contribution in [0, 0.1) is 64.1 Å². The van der Waals surface area contributed by atoms with Crippen LogP contribution in [0.5, 0.6) is 0 Å². The Hall–Kier alpha value is -2.10. The molecule has 1 N–H and O–H groups in total. The minimum Gasteiger partial charge on any atom is -0.462 e. The van der Waals surface area contributed by atoms with E-state index in [1.807, 2.05) is 66.7 Å². The van der Waals surface area contributed by atoms with Crippen molar-refractivity contribution in [3.8, 4) is 0 Å². The predicted octanol–water partition coefficient (Wildman–Crippen LogP) is 15.4. The lowest BCUT2D eigenvalue weighted by atomic mass is 9.38. The zero-order valence-electron chi connectivity index (χ0n) is 43.8. The van der Waals surface area contributed by atoms with Crippen LogP contribution < -0.4 is 0 Å². The molecule has 356 valence electrons. The summed E-state index contributed by atoms with van der Waals surface area (Å²) in [6.07, 6.45) is 14.9.